The number of nitrogens with one attached hydrogen (secondary N) is 9. The Kier molecular flexibility index (Phi) is 70.1. The Morgan fingerprint density at radius 3 is 0.378 bits per heavy atom. The van der Waals surface area contributed by atoms with Crippen molar-refractivity contribution in [1.29, 1.82) is 0 Å². The molecule has 3 aliphatic rings. The predicted molar refractivity (Wildman–Crippen MR) is 233 cm³/mol. The molecule has 3 heterocycles. The van der Waals surface area contributed by atoms with Gasteiger partial charge in [-0.25, -0.2) is 25.3 Å². The van der Waals surface area contributed by atoms with E-state index in [0.717, 1.165) is 118 Å². The molecule has 0 aliphatic carbocycles. The molecule has 3 saturated heterocycles. The second-order valence-corrected chi connectivity index (χ2v) is 19.1. The number of hydrogen-bond donors (Lipinski definition) is 10. The Morgan fingerprint density at radius 2 is 0.338 bits per heavy atom. The molecule has 0 unspecified atom stereocenters. The molecule has 16 N–H and O–H groups in total. The molecule has 74 heavy (non-hydrogen) atoms. The first-order valence-electron chi connectivity index (χ1n) is 20.5. The monoisotopic (exact) mass is 1360 g/mol. The number of alkyl halides is 12. The van der Waals surface area contributed by atoms with Gasteiger partial charge in [-0.3, -0.25) is 4.55 Å². The predicted octanol–water partition coefficient (Wildman–Crippen LogP) is -2.12. The van der Waals surface area contributed by atoms with Crippen molar-refractivity contribution in [2.45, 2.75) is 79.8 Å². The minimum atomic E-state index is -6.09. The van der Waals surface area contributed by atoms with Crippen molar-refractivity contribution < 1.29 is 179 Å². The normalized spacial score (nSPS) is 17.7. The van der Waals surface area contributed by atoms with Gasteiger partial charge in [0.05, 0.1) is 0 Å². The van der Waals surface area contributed by atoms with Crippen molar-refractivity contribution in [1.82, 2.24) is 47.9 Å². The van der Waals surface area contributed by atoms with Crippen molar-refractivity contribution in [3.63, 3.8) is 0 Å². The maximum Gasteiger partial charge on any atom is 0.522 e. The van der Waals surface area contributed by atoms with Gasteiger partial charge in [0.1, 0.15) is 0 Å². The van der Waals surface area contributed by atoms with Crippen LogP contribution in [0, 0.1) is 0 Å². The Hall–Kier alpha value is 0.190. The fourth-order valence-electron chi connectivity index (χ4n) is 4.17. The fourth-order valence-corrected chi connectivity index (χ4v) is 4.17. The van der Waals surface area contributed by atoms with E-state index in [1.165, 1.54) is 57.8 Å². The van der Waals surface area contributed by atoms with Gasteiger partial charge in [-0.15, -0.1) is 0 Å². The first kappa shape index (κ1) is 96.5. The quantitative estimate of drug-likeness (QED) is 0.0537. The zero-order valence-electron chi connectivity index (χ0n) is 40.3. The van der Waals surface area contributed by atoms with Crippen LogP contribution in [0.4, 0.5) is 52.7 Å². The Morgan fingerprint density at radius 1 is 0.270 bits per heavy atom. The summed E-state index contributed by atoms with van der Waals surface area (Å²) in [6, 6.07) is 0. The Balaban J connectivity index is -0.0000000804. The van der Waals surface area contributed by atoms with Gasteiger partial charge < -0.3 is 77.9 Å². The van der Waals surface area contributed by atoms with E-state index in [1.807, 2.05) is 0 Å². The van der Waals surface area contributed by atoms with Gasteiger partial charge in [0.2, 0.25) is 0 Å². The molecule has 0 atom stereocenters. The molecule has 0 saturated carbocycles. The van der Waals surface area contributed by atoms with Gasteiger partial charge in [0.25, 0.3) is 0 Å². The summed E-state index contributed by atoms with van der Waals surface area (Å²) in [5, 5.41) is 30.8. The second-order valence-electron chi connectivity index (χ2n) is 13.6. The summed E-state index contributed by atoms with van der Waals surface area (Å²) in [4.78, 5) is 0. The molecule has 0 bridgehead atoms. The zero-order valence-corrected chi connectivity index (χ0v) is 52.5. The van der Waals surface area contributed by atoms with Crippen molar-refractivity contribution >= 4 is 40.5 Å². The van der Waals surface area contributed by atoms with Gasteiger partial charge >= 0.3 is 32.2 Å². The van der Waals surface area contributed by atoms with Crippen LogP contribution >= 0.6 is 0 Å². The van der Waals surface area contributed by atoms with Crippen LogP contribution in [-0.4, -0.2) is 208 Å². The molecule has 3 fully saturated rings. The van der Waals surface area contributed by atoms with Crippen molar-refractivity contribution in [3.05, 3.63) is 0 Å². The average Bonchev–Trinajstić information content (AvgIpc) is 3.14. The molecule has 0 aromatic heterocycles. The second kappa shape index (κ2) is 53.8. The molecule has 0 amide bonds. The summed E-state index contributed by atoms with van der Waals surface area (Å²) in [5.74, 6) is 0. The molecule has 0 aromatic rings. The summed E-state index contributed by atoms with van der Waals surface area (Å²) in [5.41, 5.74) is -22.5. The Bertz CT molecular complexity index is 1320. The van der Waals surface area contributed by atoms with Gasteiger partial charge in [0, 0.05) is 58.4 Å². The van der Waals surface area contributed by atoms with E-state index in [1.54, 1.807) is 0 Å². The van der Waals surface area contributed by atoms with Crippen molar-refractivity contribution in [3.8, 4) is 0 Å². The topological polar surface area (TPSA) is 429 Å². The number of rotatable bonds is 0. The van der Waals surface area contributed by atoms with Gasteiger partial charge in [-0.05, 0) is 176 Å². The van der Waals surface area contributed by atoms with Crippen LogP contribution in [0.2, 0.25) is 0 Å². The molecule has 3 rings (SSSR count). The van der Waals surface area contributed by atoms with Crippen LogP contribution in [0.1, 0.15) is 57.8 Å². The molecule has 24 nitrogen and oxygen atoms in total. The van der Waals surface area contributed by atoms with E-state index < -0.39 is 62.5 Å². The van der Waals surface area contributed by atoms with Crippen LogP contribution in [-0.2, 0) is 98.9 Å². The third kappa shape index (κ3) is 70.2. The maximum absolute atomic E-state index is 10.7. The Labute approximate surface area is 462 Å². The van der Waals surface area contributed by atoms with Crippen LogP contribution in [0.5, 0.6) is 0 Å². The van der Waals surface area contributed by atoms with E-state index in [2.05, 4.69) is 47.9 Å². The minimum Gasteiger partial charge on any atom is -0.741 e. The summed E-state index contributed by atoms with van der Waals surface area (Å²) >= 11 is 0. The largest absolute Gasteiger partial charge is 0.741 e. The third-order valence-corrected chi connectivity index (χ3v) is 9.79. The standard InChI is InChI=1S/3C9H21N3.4CHF3O3S.3H2O.3Zn/c3*1-4-10-6-2-8-12-9-3-7-11-5-1;4*2-1(3,4)8(5,6)7;;;;;;/h3*10-12H,1-9H2;4*(H,5,6,7);3*1H2;;;/p-3. The molecule has 3 aliphatic heterocycles. The van der Waals surface area contributed by atoms with Crippen molar-refractivity contribution in [2.75, 3.05) is 118 Å². The number of hydrogen-bond acceptors (Lipinski definition) is 20. The molecule has 0 spiro atoms. The first-order chi connectivity index (χ1) is 31.0. The molecule has 446 valence electrons. The van der Waals surface area contributed by atoms with E-state index in [-0.39, 0.29) is 74.9 Å². The number of halogens is 12. The molecule has 43 heteroatoms. The van der Waals surface area contributed by atoms with Crippen LogP contribution in [0.15, 0.2) is 0 Å². The third-order valence-electron chi connectivity index (χ3n) is 7.51. The molecule has 0 radical (unpaired) electrons. The molecule has 0 aromatic carbocycles. The minimum absolute atomic E-state index is 0. The average molecular weight is 1360 g/mol. The fraction of sp³-hybridized carbons (Fsp3) is 1.00. The zero-order chi connectivity index (χ0) is 53.5. The molecular weight excluding hydrogens is 1290 g/mol. The van der Waals surface area contributed by atoms with Crippen molar-refractivity contribution in [2.24, 2.45) is 0 Å². The van der Waals surface area contributed by atoms with Crippen LogP contribution in [0.3, 0.4) is 0 Å². The maximum atomic E-state index is 10.7. The summed E-state index contributed by atoms with van der Waals surface area (Å²) in [6.07, 6.45) is 11.3. The van der Waals surface area contributed by atoms with Crippen LogP contribution < -0.4 is 47.9 Å². The summed E-state index contributed by atoms with van der Waals surface area (Å²) < 4.78 is 234. The van der Waals surface area contributed by atoms with Gasteiger partial charge in [-0.1, -0.05) is 0 Å². The summed E-state index contributed by atoms with van der Waals surface area (Å²) in [7, 11) is -24.1. The smallest absolute Gasteiger partial charge is 0.522 e. The van der Waals surface area contributed by atoms with Gasteiger partial charge in [0.15, 0.2) is 30.4 Å². The van der Waals surface area contributed by atoms with E-state index in [9.17, 15) is 52.7 Å². The first-order valence-corrected chi connectivity index (χ1v) is 26.1. The SMILES string of the molecule is C1CNCCCNCCCNC1.C1CNCCCNCCCNC1.C1CNCCCNCCCNC1.O.O.O.O=S(=O)(O)C(F)(F)F.O=S(=O)([O-])C(F)(F)F.O=S(=O)([O-])C(F)(F)F.O=S(=O)([O-])C(F)(F)F.[Zn].[Zn].[Zn]. The van der Waals surface area contributed by atoms with Gasteiger partial charge in [-0.2, -0.15) is 61.1 Å². The van der Waals surface area contributed by atoms with E-state index in [4.69, 9.17) is 51.9 Å². The van der Waals surface area contributed by atoms with E-state index >= 15 is 0 Å². The molecular formula is C31H70F12N9O15S4Zn3-3. The van der Waals surface area contributed by atoms with Crippen LogP contribution in [0.25, 0.3) is 0 Å². The van der Waals surface area contributed by atoms with E-state index in [0.29, 0.717) is 0 Å². The summed E-state index contributed by atoms with van der Waals surface area (Å²) in [6.45, 7) is 20.9.